The van der Waals surface area contributed by atoms with Crippen molar-refractivity contribution in [2.24, 2.45) is 5.73 Å². The van der Waals surface area contributed by atoms with Gasteiger partial charge in [-0.15, -0.1) is 0 Å². The molecule has 1 aromatic carbocycles. The Labute approximate surface area is 104 Å². The van der Waals surface area contributed by atoms with Crippen molar-refractivity contribution in [1.29, 1.82) is 0 Å². The van der Waals surface area contributed by atoms with Crippen LogP contribution in [0.25, 0.3) is 0 Å². The van der Waals surface area contributed by atoms with Crippen LogP contribution in [0.2, 0.25) is 0 Å². The lowest BCUT2D eigenvalue weighted by molar-refractivity contribution is -0.130. The number of hydrogen-bond donors (Lipinski definition) is 1. The molecule has 1 unspecified atom stereocenters. The van der Waals surface area contributed by atoms with E-state index in [0.29, 0.717) is 12.8 Å². The van der Waals surface area contributed by atoms with Gasteiger partial charge < -0.3 is 10.6 Å². The van der Waals surface area contributed by atoms with E-state index < -0.39 is 0 Å². The predicted octanol–water partition coefficient (Wildman–Crippen LogP) is 2.33. The summed E-state index contributed by atoms with van der Waals surface area (Å²) in [7, 11) is 1.85. The first kappa shape index (κ1) is 13.7. The van der Waals surface area contributed by atoms with E-state index in [-0.39, 0.29) is 11.9 Å². The van der Waals surface area contributed by atoms with Crippen molar-refractivity contribution in [1.82, 2.24) is 4.90 Å². The highest BCUT2D eigenvalue weighted by Gasteiger charge is 2.11. The molecule has 1 amide bonds. The minimum absolute atomic E-state index is 0.0461. The highest BCUT2D eigenvalue weighted by molar-refractivity contribution is 5.75. The molecule has 2 N–H and O–H groups in total. The second kappa shape index (κ2) is 7.07. The molecule has 0 fully saturated rings. The van der Waals surface area contributed by atoms with Gasteiger partial charge in [-0.3, -0.25) is 4.79 Å². The lowest BCUT2D eigenvalue weighted by atomic mass is 10.0. The van der Waals surface area contributed by atoms with Crippen LogP contribution in [0.15, 0.2) is 30.3 Å². The number of rotatable bonds is 6. The molecule has 3 heteroatoms. The van der Waals surface area contributed by atoms with Crippen LogP contribution in [0, 0.1) is 0 Å². The predicted molar refractivity (Wildman–Crippen MR) is 70.5 cm³/mol. The van der Waals surface area contributed by atoms with Gasteiger partial charge in [-0.2, -0.15) is 0 Å². The molecular weight excluding hydrogens is 212 g/mol. The van der Waals surface area contributed by atoms with E-state index in [4.69, 9.17) is 5.73 Å². The van der Waals surface area contributed by atoms with Crippen molar-refractivity contribution in [3.63, 3.8) is 0 Å². The molecule has 1 rings (SSSR count). The Morgan fingerprint density at radius 1 is 1.35 bits per heavy atom. The van der Waals surface area contributed by atoms with Gasteiger partial charge in [0.2, 0.25) is 5.91 Å². The van der Waals surface area contributed by atoms with Crippen molar-refractivity contribution in [2.45, 2.75) is 32.2 Å². The average molecular weight is 234 g/mol. The summed E-state index contributed by atoms with van der Waals surface area (Å²) in [6.07, 6.45) is 2.22. The van der Waals surface area contributed by atoms with Crippen LogP contribution in [0.1, 0.15) is 37.8 Å². The highest BCUT2D eigenvalue weighted by Crippen LogP contribution is 2.15. The number of hydrogen-bond acceptors (Lipinski definition) is 2. The van der Waals surface area contributed by atoms with E-state index in [1.807, 2.05) is 37.4 Å². The summed E-state index contributed by atoms with van der Waals surface area (Å²) < 4.78 is 0. The molecule has 0 bridgehead atoms. The Morgan fingerprint density at radius 2 is 2.00 bits per heavy atom. The lowest BCUT2D eigenvalue weighted by Crippen LogP contribution is -2.28. The Kier molecular flexibility index (Phi) is 5.70. The third-order valence-electron chi connectivity index (χ3n) is 2.88. The molecule has 3 nitrogen and oxygen atoms in total. The number of nitrogens with two attached hydrogens (primary N) is 1. The molecular formula is C14H22N2O. The third-order valence-corrected chi connectivity index (χ3v) is 2.88. The molecule has 0 saturated carbocycles. The normalized spacial score (nSPS) is 12.2. The van der Waals surface area contributed by atoms with Gasteiger partial charge in [0.1, 0.15) is 0 Å². The molecule has 0 spiro atoms. The molecule has 0 radical (unpaired) electrons. The van der Waals surface area contributed by atoms with E-state index in [0.717, 1.165) is 18.5 Å². The molecule has 0 aromatic heterocycles. The van der Waals surface area contributed by atoms with E-state index in [9.17, 15) is 4.79 Å². The zero-order valence-electron chi connectivity index (χ0n) is 10.7. The molecule has 1 aromatic rings. The lowest BCUT2D eigenvalue weighted by Gasteiger charge is -2.17. The van der Waals surface area contributed by atoms with Gasteiger partial charge in [0.05, 0.1) is 0 Å². The van der Waals surface area contributed by atoms with Crippen LogP contribution in [0.3, 0.4) is 0 Å². The minimum atomic E-state index is -0.0461. The Hall–Kier alpha value is -1.35. The summed E-state index contributed by atoms with van der Waals surface area (Å²) in [5, 5.41) is 0. The standard InChI is InChI=1S/C14H22N2O/c1-3-11-16(2)14(17)10-9-13(15)12-7-5-4-6-8-12/h4-8,13H,3,9-11,15H2,1-2H3. The number of carbonyl (C=O) groups excluding carboxylic acids is 1. The van der Waals surface area contributed by atoms with Crippen LogP contribution < -0.4 is 5.73 Å². The maximum Gasteiger partial charge on any atom is 0.222 e. The maximum atomic E-state index is 11.7. The van der Waals surface area contributed by atoms with Crippen LogP contribution >= 0.6 is 0 Å². The van der Waals surface area contributed by atoms with Crippen LogP contribution in [-0.4, -0.2) is 24.4 Å². The van der Waals surface area contributed by atoms with Crippen molar-refractivity contribution >= 4 is 5.91 Å². The fraction of sp³-hybridized carbons (Fsp3) is 0.500. The van der Waals surface area contributed by atoms with Crippen LogP contribution in [0.4, 0.5) is 0 Å². The second-order valence-electron chi connectivity index (χ2n) is 4.37. The molecule has 0 saturated heterocycles. The van der Waals surface area contributed by atoms with Crippen molar-refractivity contribution in [3.8, 4) is 0 Å². The molecule has 1 atom stereocenters. The minimum Gasteiger partial charge on any atom is -0.346 e. The van der Waals surface area contributed by atoms with Crippen LogP contribution in [-0.2, 0) is 4.79 Å². The molecule has 0 heterocycles. The summed E-state index contributed by atoms with van der Waals surface area (Å²) in [6, 6.07) is 9.88. The molecule has 94 valence electrons. The van der Waals surface area contributed by atoms with E-state index >= 15 is 0 Å². The number of nitrogens with zero attached hydrogens (tertiary/aromatic N) is 1. The van der Waals surface area contributed by atoms with Gasteiger partial charge in [0.15, 0.2) is 0 Å². The smallest absolute Gasteiger partial charge is 0.222 e. The van der Waals surface area contributed by atoms with Crippen molar-refractivity contribution in [3.05, 3.63) is 35.9 Å². The largest absolute Gasteiger partial charge is 0.346 e. The fourth-order valence-electron chi connectivity index (χ4n) is 1.80. The summed E-state index contributed by atoms with van der Waals surface area (Å²) in [6.45, 7) is 2.89. The molecule has 0 aliphatic carbocycles. The van der Waals surface area contributed by atoms with Gasteiger partial charge >= 0.3 is 0 Å². The third kappa shape index (κ3) is 4.57. The first-order chi connectivity index (χ1) is 8.15. The average Bonchev–Trinajstić information content (AvgIpc) is 2.36. The molecule has 0 aliphatic rings. The quantitative estimate of drug-likeness (QED) is 0.821. The topological polar surface area (TPSA) is 46.3 Å². The zero-order chi connectivity index (χ0) is 12.7. The Balaban J connectivity index is 2.38. The summed E-state index contributed by atoms with van der Waals surface area (Å²) in [4.78, 5) is 13.5. The monoisotopic (exact) mass is 234 g/mol. The van der Waals surface area contributed by atoms with E-state index in [2.05, 4.69) is 6.92 Å². The van der Waals surface area contributed by atoms with Crippen LogP contribution in [0.5, 0.6) is 0 Å². The van der Waals surface area contributed by atoms with E-state index in [1.165, 1.54) is 0 Å². The fourth-order valence-corrected chi connectivity index (χ4v) is 1.80. The maximum absolute atomic E-state index is 11.7. The summed E-state index contributed by atoms with van der Waals surface area (Å²) in [5.41, 5.74) is 7.14. The highest BCUT2D eigenvalue weighted by atomic mass is 16.2. The number of benzene rings is 1. The van der Waals surface area contributed by atoms with Gasteiger partial charge in [0, 0.05) is 26.1 Å². The second-order valence-corrected chi connectivity index (χ2v) is 4.37. The summed E-state index contributed by atoms with van der Waals surface area (Å²) >= 11 is 0. The number of carbonyl (C=O) groups is 1. The first-order valence-electron chi connectivity index (χ1n) is 6.19. The van der Waals surface area contributed by atoms with Crippen molar-refractivity contribution < 1.29 is 4.79 Å². The number of amides is 1. The van der Waals surface area contributed by atoms with Gasteiger partial charge in [-0.25, -0.2) is 0 Å². The summed E-state index contributed by atoms with van der Waals surface area (Å²) in [5.74, 6) is 0.179. The zero-order valence-corrected chi connectivity index (χ0v) is 10.7. The first-order valence-corrected chi connectivity index (χ1v) is 6.19. The Bertz CT molecular complexity index is 337. The van der Waals surface area contributed by atoms with Crippen molar-refractivity contribution in [2.75, 3.05) is 13.6 Å². The van der Waals surface area contributed by atoms with E-state index in [1.54, 1.807) is 4.90 Å². The Morgan fingerprint density at radius 3 is 2.59 bits per heavy atom. The van der Waals surface area contributed by atoms with Gasteiger partial charge in [-0.05, 0) is 18.4 Å². The molecule has 17 heavy (non-hydrogen) atoms. The van der Waals surface area contributed by atoms with Gasteiger partial charge in [0.25, 0.3) is 0 Å². The SMILES string of the molecule is CCCN(C)C(=O)CCC(N)c1ccccc1. The van der Waals surface area contributed by atoms with Gasteiger partial charge in [-0.1, -0.05) is 37.3 Å². The molecule has 0 aliphatic heterocycles.